The highest BCUT2D eigenvalue weighted by Crippen LogP contribution is 2.09. The summed E-state index contributed by atoms with van der Waals surface area (Å²) >= 11 is 0. The summed E-state index contributed by atoms with van der Waals surface area (Å²) in [7, 11) is 0. The van der Waals surface area contributed by atoms with Crippen LogP contribution in [0.1, 0.15) is 85.5 Å². The molecule has 2 N–H and O–H groups in total. The third kappa shape index (κ3) is 15.5. The number of rotatable bonds is 12. The van der Waals surface area contributed by atoms with Gasteiger partial charge in [0.25, 0.3) is 0 Å². The minimum atomic E-state index is -0.0944. The highest BCUT2D eigenvalue weighted by Gasteiger charge is 2.12. The summed E-state index contributed by atoms with van der Waals surface area (Å²) in [5, 5.41) is 6.44. The highest BCUT2D eigenvalue weighted by molar-refractivity contribution is 5.76. The van der Waals surface area contributed by atoms with E-state index in [9.17, 15) is 4.79 Å². The van der Waals surface area contributed by atoms with Crippen LogP contribution in [0.2, 0.25) is 0 Å². The van der Waals surface area contributed by atoms with Crippen molar-refractivity contribution in [2.24, 2.45) is 0 Å². The van der Waals surface area contributed by atoms with Gasteiger partial charge in [0.2, 0.25) is 5.91 Å². The van der Waals surface area contributed by atoms with Gasteiger partial charge in [-0.05, 0) is 53.1 Å². The zero-order valence-corrected chi connectivity index (χ0v) is 14.2. The molecule has 0 fully saturated rings. The third-order valence-electron chi connectivity index (χ3n) is 3.20. The molecule has 20 heavy (non-hydrogen) atoms. The van der Waals surface area contributed by atoms with Gasteiger partial charge in [0.15, 0.2) is 0 Å². The molecule has 3 nitrogen and oxygen atoms in total. The fourth-order valence-electron chi connectivity index (χ4n) is 2.20. The molecule has 0 spiro atoms. The van der Waals surface area contributed by atoms with Crippen LogP contribution in [0.4, 0.5) is 0 Å². The van der Waals surface area contributed by atoms with Crippen LogP contribution in [0.3, 0.4) is 0 Å². The molecule has 0 aromatic carbocycles. The van der Waals surface area contributed by atoms with Gasteiger partial charge in [-0.3, -0.25) is 4.79 Å². The molecule has 0 bridgehead atoms. The van der Waals surface area contributed by atoms with Crippen molar-refractivity contribution in [3.8, 4) is 0 Å². The molecule has 0 saturated carbocycles. The summed E-state index contributed by atoms with van der Waals surface area (Å²) in [5.74, 6) is 0.194. The minimum Gasteiger partial charge on any atom is -0.352 e. The van der Waals surface area contributed by atoms with E-state index in [0.29, 0.717) is 6.42 Å². The van der Waals surface area contributed by atoms with Gasteiger partial charge < -0.3 is 10.6 Å². The Bertz CT molecular complexity index is 234. The van der Waals surface area contributed by atoms with Crippen molar-refractivity contribution >= 4 is 5.91 Å². The Morgan fingerprint density at radius 3 is 1.95 bits per heavy atom. The highest BCUT2D eigenvalue weighted by atomic mass is 16.1. The molecule has 0 rings (SSSR count). The Kier molecular flexibility index (Phi) is 11.8. The first-order chi connectivity index (χ1) is 9.45. The number of carbonyl (C=O) groups is 1. The van der Waals surface area contributed by atoms with Crippen molar-refractivity contribution in [1.82, 2.24) is 10.6 Å². The van der Waals surface area contributed by atoms with Gasteiger partial charge in [-0.15, -0.1) is 0 Å². The molecule has 0 aromatic rings. The Labute approximate surface area is 126 Å². The van der Waals surface area contributed by atoms with E-state index >= 15 is 0 Å². The largest absolute Gasteiger partial charge is 0.352 e. The lowest BCUT2D eigenvalue weighted by molar-refractivity contribution is -0.122. The second-order valence-electron chi connectivity index (χ2n) is 6.77. The van der Waals surface area contributed by atoms with Crippen molar-refractivity contribution in [2.45, 2.75) is 91.0 Å². The van der Waals surface area contributed by atoms with E-state index in [2.05, 4.69) is 17.6 Å². The molecule has 0 heterocycles. The lowest BCUT2D eigenvalue weighted by Crippen LogP contribution is -2.40. The topological polar surface area (TPSA) is 41.1 Å². The maximum Gasteiger partial charge on any atom is 0.220 e. The smallest absolute Gasteiger partial charge is 0.220 e. The number of nitrogens with one attached hydrogen (secondary N) is 2. The summed E-state index contributed by atoms with van der Waals surface area (Å²) in [6, 6.07) is 0. The van der Waals surface area contributed by atoms with Crippen LogP contribution >= 0.6 is 0 Å². The fourth-order valence-corrected chi connectivity index (χ4v) is 2.20. The molecule has 0 saturated heterocycles. The molecular formula is C17H36N2O. The first-order valence-electron chi connectivity index (χ1n) is 8.47. The molecular weight excluding hydrogens is 248 g/mol. The maximum absolute atomic E-state index is 11.6. The zero-order chi connectivity index (χ0) is 15.3. The van der Waals surface area contributed by atoms with E-state index in [-0.39, 0.29) is 11.4 Å². The van der Waals surface area contributed by atoms with E-state index in [4.69, 9.17) is 0 Å². The quantitative estimate of drug-likeness (QED) is 0.531. The first kappa shape index (κ1) is 19.4. The molecule has 0 radical (unpaired) electrons. The van der Waals surface area contributed by atoms with E-state index in [1.54, 1.807) is 0 Å². The lowest BCUT2D eigenvalue weighted by Gasteiger charge is -2.20. The number of unbranched alkanes of at least 4 members (excludes halogenated alkanes) is 6. The average molecular weight is 284 g/mol. The number of hydrogen-bond donors (Lipinski definition) is 2. The standard InChI is InChI=1S/C17H36N2O/c1-5-14-18-15-12-10-8-6-7-9-11-13-16(20)19-17(2,3)4/h18H,5-15H2,1-4H3,(H,19,20). The summed E-state index contributed by atoms with van der Waals surface area (Å²) in [5.41, 5.74) is -0.0944. The molecule has 0 unspecified atom stereocenters. The lowest BCUT2D eigenvalue weighted by atomic mass is 10.1. The number of amides is 1. The maximum atomic E-state index is 11.6. The predicted octanol–water partition coefficient (Wildman–Crippen LogP) is 4.02. The van der Waals surface area contributed by atoms with E-state index in [0.717, 1.165) is 13.0 Å². The molecule has 120 valence electrons. The molecule has 0 aliphatic carbocycles. The van der Waals surface area contributed by atoms with Gasteiger partial charge >= 0.3 is 0 Å². The number of hydrogen-bond acceptors (Lipinski definition) is 2. The van der Waals surface area contributed by atoms with Crippen molar-refractivity contribution in [3.63, 3.8) is 0 Å². The average Bonchev–Trinajstić information content (AvgIpc) is 2.34. The Morgan fingerprint density at radius 1 is 0.850 bits per heavy atom. The zero-order valence-electron chi connectivity index (χ0n) is 14.2. The van der Waals surface area contributed by atoms with Crippen molar-refractivity contribution in [3.05, 3.63) is 0 Å². The van der Waals surface area contributed by atoms with Crippen LogP contribution in [0.25, 0.3) is 0 Å². The molecule has 1 amide bonds. The van der Waals surface area contributed by atoms with E-state index in [1.807, 2.05) is 20.8 Å². The normalized spacial score (nSPS) is 11.6. The molecule has 0 atom stereocenters. The fraction of sp³-hybridized carbons (Fsp3) is 0.941. The molecule has 0 aliphatic rings. The van der Waals surface area contributed by atoms with Gasteiger partial charge in [0.1, 0.15) is 0 Å². The predicted molar refractivity (Wildman–Crippen MR) is 88.0 cm³/mol. The second kappa shape index (κ2) is 12.2. The second-order valence-corrected chi connectivity index (χ2v) is 6.77. The van der Waals surface area contributed by atoms with Crippen LogP contribution in [-0.4, -0.2) is 24.5 Å². The van der Waals surface area contributed by atoms with Gasteiger partial charge in [0.05, 0.1) is 0 Å². The minimum absolute atomic E-state index is 0.0944. The summed E-state index contributed by atoms with van der Waals surface area (Å²) < 4.78 is 0. The summed E-state index contributed by atoms with van der Waals surface area (Å²) in [6.07, 6.45) is 10.7. The Balaban J connectivity index is 3.19. The van der Waals surface area contributed by atoms with Gasteiger partial charge in [-0.1, -0.05) is 39.0 Å². The summed E-state index contributed by atoms with van der Waals surface area (Å²) in [4.78, 5) is 11.6. The van der Waals surface area contributed by atoms with Crippen molar-refractivity contribution in [1.29, 1.82) is 0 Å². The SMILES string of the molecule is CCCNCCCCCCCCCC(=O)NC(C)(C)C. The molecule has 0 aliphatic heterocycles. The van der Waals surface area contributed by atoms with Crippen LogP contribution < -0.4 is 10.6 Å². The molecule has 3 heteroatoms. The Hall–Kier alpha value is -0.570. The van der Waals surface area contributed by atoms with Crippen LogP contribution in [0.5, 0.6) is 0 Å². The third-order valence-corrected chi connectivity index (χ3v) is 3.20. The van der Waals surface area contributed by atoms with Gasteiger partial charge in [0, 0.05) is 12.0 Å². The van der Waals surface area contributed by atoms with Gasteiger partial charge in [-0.25, -0.2) is 0 Å². The van der Waals surface area contributed by atoms with E-state index < -0.39 is 0 Å². The van der Waals surface area contributed by atoms with Gasteiger partial charge in [-0.2, -0.15) is 0 Å². The van der Waals surface area contributed by atoms with Crippen molar-refractivity contribution in [2.75, 3.05) is 13.1 Å². The van der Waals surface area contributed by atoms with Crippen LogP contribution in [0, 0.1) is 0 Å². The number of carbonyl (C=O) groups excluding carboxylic acids is 1. The van der Waals surface area contributed by atoms with Crippen molar-refractivity contribution < 1.29 is 4.79 Å². The van der Waals surface area contributed by atoms with Crippen LogP contribution in [0.15, 0.2) is 0 Å². The van der Waals surface area contributed by atoms with E-state index in [1.165, 1.54) is 51.5 Å². The Morgan fingerprint density at radius 2 is 1.40 bits per heavy atom. The van der Waals surface area contributed by atoms with Crippen LogP contribution in [-0.2, 0) is 4.79 Å². The summed E-state index contributed by atoms with van der Waals surface area (Å²) in [6.45, 7) is 10.6. The first-order valence-corrected chi connectivity index (χ1v) is 8.47. The monoisotopic (exact) mass is 284 g/mol. The molecule has 0 aromatic heterocycles.